The zero-order chi connectivity index (χ0) is 12.5. The Bertz CT molecular complexity index is 338. The van der Waals surface area contributed by atoms with Crippen molar-refractivity contribution >= 4 is 17.7 Å². The monoisotopic (exact) mass is 257 g/mol. The number of aryl methyl sites for hydroxylation is 1. The summed E-state index contributed by atoms with van der Waals surface area (Å²) in [6, 6.07) is 3.53. The van der Waals surface area contributed by atoms with E-state index in [4.69, 9.17) is 9.52 Å². The van der Waals surface area contributed by atoms with Crippen molar-refractivity contribution in [3.63, 3.8) is 0 Å². The van der Waals surface area contributed by atoms with Crippen LogP contribution < -0.4 is 5.32 Å². The summed E-state index contributed by atoms with van der Waals surface area (Å²) in [6.45, 7) is 2.83. The van der Waals surface area contributed by atoms with E-state index in [9.17, 15) is 4.79 Å². The standard InChI is InChI=1S/C12H19NO3S/c1-2-10-4-5-11(16-10)12(15)13-6-9-17-8-3-7-14/h4-5,14H,2-3,6-9H2,1H3,(H,13,15). The normalized spacial score (nSPS) is 10.5. The number of nitrogens with one attached hydrogen (secondary N) is 1. The molecule has 1 rings (SSSR count). The minimum Gasteiger partial charge on any atom is -0.456 e. The Morgan fingerprint density at radius 2 is 2.29 bits per heavy atom. The third-order valence-corrected chi connectivity index (χ3v) is 3.28. The van der Waals surface area contributed by atoms with Crippen LogP contribution in [-0.4, -0.2) is 35.7 Å². The van der Waals surface area contributed by atoms with Gasteiger partial charge in [0.1, 0.15) is 5.76 Å². The van der Waals surface area contributed by atoms with E-state index < -0.39 is 0 Å². The zero-order valence-corrected chi connectivity index (χ0v) is 10.9. The van der Waals surface area contributed by atoms with Crippen molar-refractivity contribution in [2.45, 2.75) is 19.8 Å². The molecule has 0 fully saturated rings. The maximum atomic E-state index is 11.6. The molecule has 0 atom stereocenters. The highest BCUT2D eigenvalue weighted by atomic mass is 32.2. The smallest absolute Gasteiger partial charge is 0.287 e. The molecule has 4 nitrogen and oxygen atoms in total. The van der Waals surface area contributed by atoms with Crippen LogP contribution in [0.15, 0.2) is 16.5 Å². The Balaban J connectivity index is 2.16. The van der Waals surface area contributed by atoms with Gasteiger partial charge < -0.3 is 14.8 Å². The Hall–Kier alpha value is -0.940. The number of carbonyl (C=O) groups is 1. The second-order valence-corrected chi connectivity index (χ2v) is 4.79. The van der Waals surface area contributed by atoms with E-state index in [1.54, 1.807) is 17.8 Å². The number of hydrogen-bond acceptors (Lipinski definition) is 4. The lowest BCUT2D eigenvalue weighted by Crippen LogP contribution is -2.25. The second kappa shape index (κ2) is 8.20. The van der Waals surface area contributed by atoms with Crippen molar-refractivity contribution in [3.05, 3.63) is 23.7 Å². The lowest BCUT2D eigenvalue weighted by molar-refractivity contribution is 0.0927. The van der Waals surface area contributed by atoms with Crippen LogP contribution >= 0.6 is 11.8 Å². The molecule has 2 N–H and O–H groups in total. The fourth-order valence-electron chi connectivity index (χ4n) is 1.28. The molecule has 1 amide bonds. The first-order chi connectivity index (χ1) is 8.27. The Morgan fingerprint density at radius 1 is 1.47 bits per heavy atom. The van der Waals surface area contributed by atoms with Crippen molar-refractivity contribution < 1.29 is 14.3 Å². The van der Waals surface area contributed by atoms with Crippen LogP contribution in [0.5, 0.6) is 0 Å². The summed E-state index contributed by atoms with van der Waals surface area (Å²) < 4.78 is 5.34. The minimum absolute atomic E-state index is 0.160. The van der Waals surface area contributed by atoms with Crippen molar-refractivity contribution in [3.8, 4) is 0 Å². The molecule has 0 aromatic carbocycles. The predicted molar refractivity (Wildman–Crippen MR) is 69.4 cm³/mol. The van der Waals surface area contributed by atoms with Gasteiger partial charge in [0.05, 0.1) is 0 Å². The van der Waals surface area contributed by atoms with Crippen LogP contribution in [0, 0.1) is 0 Å². The van der Waals surface area contributed by atoms with E-state index in [2.05, 4.69) is 5.32 Å². The molecular weight excluding hydrogens is 238 g/mol. The van der Waals surface area contributed by atoms with E-state index in [1.165, 1.54) is 0 Å². The Morgan fingerprint density at radius 3 is 2.94 bits per heavy atom. The van der Waals surface area contributed by atoms with Gasteiger partial charge in [-0.2, -0.15) is 11.8 Å². The van der Waals surface area contributed by atoms with E-state index in [0.717, 1.165) is 30.1 Å². The Labute approximate surface area is 106 Å². The SMILES string of the molecule is CCc1ccc(C(=O)NCCSCCCO)o1. The van der Waals surface area contributed by atoms with Gasteiger partial charge in [0.15, 0.2) is 5.76 Å². The lowest BCUT2D eigenvalue weighted by Gasteiger charge is -2.02. The number of carbonyl (C=O) groups excluding carboxylic acids is 1. The molecule has 0 unspecified atom stereocenters. The highest BCUT2D eigenvalue weighted by molar-refractivity contribution is 7.99. The molecule has 5 heteroatoms. The number of aliphatic hydroxyl groups excluding tert-OH is 1. The van der Waals surface area contributed by atoms with Crippen LogP contribution in [-0.2, 0) is 6.42 Å². The van der Waals surface area contributed by atoms with Gasteiger partial charge in [-0.25, -0.2) is 0 Å². The quantitative estimate of drug-likeness (QED) is 0.696. The van der Waals surface area contributed by atoms with E-state index >= 15 is 0 Å². The molecule has 0 bridgehead atoms. The van der Waals surface area contributed by atoms with Gasteiger partial charge >= 0.3 is 0 Å². The minimum atomic E-state index is -0.160. The van der Waals surface area contributed by atoms with E-state index in [0.29, 0.717) is 12.3 Å². The molecule has 1 aromatic rings. The van der Waals surface area contributed by atoms with Gasteiger partial charge in [-0.15, -0.1) is 0 Å². The van der Waals surface area contributed by atoms with Gasteiger partial charge in [0.25, 0.3) is 5.91 Å². The molecular formula is C12H19NO3S. The van der Waals surface area contributed by atoms with Crippen molar-refractivity contribution in [1.29, 1.82) is 0 Å². The molecule has 0 aliphatic rings. The van der Waals surface area contributed by atoms with E-state index in [-0.39, 0.29) is 12.5 Å². The summed E-state index contributed by atoms with van der Waals surface area (Å²) in [6.07, 6.45) is 1.60. The largest absolute Gasteiger partial charge is 0.456 e. The number of hydrogen-bond donors (Lipinski definition) is 2. The molecule has 0 spiro atoms. The van der Waals surface area contributed by atoms with Gasteiger partial charge in [-0.05, 0) is 24.3 Å². The van der Waals surface area contributed by atoms with Crippen LogP contribution in [0.2, 0.25) is 0 Å². The maximum Gasteiger partial charge on any atom is 0.287 e. The van der Waals surface area contributed by atoms with Crippen LogP contribution in [0.3, 0.4) is 0 Å². The summed E-state index contributed by atoms with van der Waals surface area (Å²) in [5.74, 6) is 2.82. The molecule has 1 aromatic heterocycles. The Kier molecular flexibility index (Phi) is 6.81. The van der Waals surface area contributed by atoms with Crippen LogP contribution in [0.4, 0.5) is 0 Å². The van der Waals surface area contributed by atoms with E-state index in [1.807, 2.05) is 13.0 Å². The van der Waals surface area contributed by atoms with Crippen molar-refractivity contribution in [1.82, 2.24) is 5.32 Å². The second-order valence-electron chi connectivity index (χ2n) is 3.56. The molecule has 0 aliphatic carbocycles. The average molecular weight is 257 g/mol. The summed E-state index contributed by atoms with van der Waals surface area (Å²) in [5, 5.41) is 11.4. The molecule has 0 aliphatic heterocycles. The van der Waals surface area contributed by atoms with Gasteiger partial charge in [-0.3, -0.25) is 4.79 Å². The first kappa shape index (κ1) is 14.1. The molecule has 0 radical (unpaired) electrons. The molecule has 0 saturated carbocycles. The highest BCUT2D eigenvalue weighted by Crippen LogP contribution is 2.08. The summed E-state index contributed by atoms with van der Waals surface area (Å²) in [5.41, 5.74) is 0. The molecule has 0 saturated heterocycles. The maximum absolute atomic E-state index is 11.6. The fraction of sp³-hybridized carbons (Fsp3) is 0.583. The third kappa shape index (κ3) is 5.28. The summed E-state index contributed by atoms with van der Waals surface area (Å²) >= 11 is 1.72. The lowest BCUT2D eigenvalue weighted by atomic mass is 10.3. The van der Waals surface area contributed by atoms with Crippen molar-refractivity contribution in [2.24, 2.45) is 0 Å². The predicted octanol–water partition coefficient (Wildman–Crippen LogP) is 1.69. The molecule has 96 valence electrons. The molecule has 1 heterocycles. The van der Waals surface area contributed by atoms with Gasteiger partial charge in [-0.1, -0.05) is 6.92 Å². The summed E-state index contributed by atoms with van der Waals surface area (Å²) in [4.78, 5) is 11.6. The summed E-state index contributed by atoms with van der Waals surface area (Å²) in [7, 11) is 0. The fourth-order valence-corrected chi connectivity index (χ4v) is 2.07. The number of aliphatic hydroxyl groups is 1. The van der Waals surface area contributed by atoms with Gasteiger partial charge in [0, 0.05) is 25.3 Å². The molecule has 17 heavy (non-hydrogen) atoms. The van der Waals surface area contributed by atoms with Gasteiger partial charge in [0.2, 0.25) is 0 Å². The number of amides is 1. The first-order valence-corrected chi connectivity index (χ1v) is 6.99. The number of furan rings is 1. The zero-order valence-electron chi connectivity index (χ0n) is 10.1. The number of rotatable bonds is 8. The van der Waals surface area contributed by atoms with Crippen LogP contribution in [0.25, 0.3) is 0 Å². The number of thioether (sulfide) groups is 1. The first-order valence-electron chi connectivity index (χ1n) is 5.83. The van der Waals surface area contributed by atoms with Crippen LogP contribution in [0.1, 0.15) is 29.7 Å². The average Bonchev–Trinajstić information content (AvgIpc) is 2.82. The third-order valence-electron chi connectivity index (χ3n) is 2.21. The highest BCUT2D eigenvalue weighted by Gasteiger charge is 2.09. The topological polar surface area (TPSA) is 62.5 Å². The van der Waals surface area contributed by atoms with Crippen molar-refractivity contribution in [2.75, 3.05) is 24.7 Å².